The van der Waals surface area contributed by atoms with Crippen LogP contribution in [0, 0.1) is 5.92 Å². The van der Waals surface area contributed by atoms with Crippen molar-refractivity contribution in [1.82, 2.24) is 0 Å². The molecular weight excluding hydrogens is 187 g/mol. The number of rotatable bonds is 1. The van der Waals surface area contributed by atoms with Gasteiger partial charge in [0.05, 0.1) is 0 Å². The molecule has 1 N–H and O–H groups in total. The van der Waals surface area contributed by atoms with E-state index < -0.39 is 12.1 Å². The van der Waals surface area contributed by atoms with Crippen LogP contribution in [0.3, 0.4) is 0 Å². The van der Waals surface area contributed by atoms with Gasteiger partial charge in [-0.15, -0.1) is 0 Å². The smallest absolute Gasteiger partial charge is 0.344 e. The largest absolute Gasteiger partial charge is 0.483 e. The van der Waals surface area contributed by atoms with Crippen LogP contribution in [-0.2, 0) is 9.53 Å². The number of ether oxygens (including phenoxy) is 1. The number of aliphatic carboxylic acids is 1. The van der Waals surface area contributed by atoms with E-state index in [0.717, 1.165) is 0 Å². The molecule has 4 heteroatoms. The lowest BCUT2D eigenvalue weighted by Gasteiger charge is -2.31. The summed E-state index contributed by atoms with van der Waals surface area (Å²) >= 11 is 0. The Morgan fingerprint density at radius 2 is 2.29 bits per heavy atom. The molecule has 1 heterocycles. The van der Waals surface area contributed by atoms with Gasteiger partial charge in [-0.25, -0.2) is 9.18 Å². The Morgan fingerprint density at radius 1 is 1.50 bits per heavy atom. The maximum Gasteiger partial charge on any atom is 0.344 e. The fraction of sp³-hybridized carbons (Fsp3) is 0.500. The van der Waals surface area contributed by atoms with Gasteiger partial charge in [0, 0.05) is 12.3 Å². The molecule has 3 nitrogen and oxygen atoms in total. The number of fused-ring (bicyclic) bond motifs is 1. The van der Waals surface area contributed by atoms with E-state index in [1.54, 1.807) is 6.08 Å². The minimum Gasteiger partial charge on any atom is -0.483 e. The molecule has 0 radical (unpaired) electrons. The first-order valence-corrected chi connectivity index (χ1v) is 4.62. The lowest BCUT2D eigenvalue weighted by Crippen LogP contribution is -2.31. The van der Waals surface area contributed by atoms with E-state index in [0.29, 0.717) is 25.0 Å². The van der Waals surface area contributed by atoms with Crippen molar-refractivity contribution < 1.29 is 19.0 Å². The Labute approximate surface area is 80.9 Å². The summed E-state index contributed by atoms with van der Waals surface area (Å²) in [5.41, 5.74) is 0. The lowest BCUT2D eigenvalue weighted by atomic mass is 9.89. The third-order valence-corrected chi connectivity index (χ3v) is 2.60. The molecule has 0 aromatic heterocycles. The van der Waals surface area contributed by atoms with Crippen LogP contribution < -0.4 is 0 Å². The SMILES string of the molecule is O=C(O)C1CCC2CC(F)=CC=C2O1. The highest BCUT2D eigenvalue weighted by Gasteiger charge is 2.32. The van der Waals surface area contributed by atoms with E-state index >= 15 is 0 Å². The molecule has 2 unspecified atom stereocenters. The highest BCUT2D eigenvalue weighted by molar-refractivity contribution is 5.72. The molecule has 0 amide bonds. The number of hydrogen-bond donors (Lipinski definition) is 1. The van der Waals surface area contributed by atoms with E-state index in [1.807, 2.05) is 0 Å². The van der Waals surface area contributed by atoms with Gasteiger partial charge in [0.1, 0.15) is 11.6 Å². The number of hydrogen-bond acceptors (Lipinski definition) is 2. The number of allylic oxidation sites excluding steroid dienone is 4. The third kappa shape index (κ3) is 1.64. The number of carbonyl (C=O) groups is 1. The second-order valence-corrected chi connectivity index (χ2v) is 3.61. The summed E-state index contributed by atoms with van der Waals surface area (Å²) in [6.07, 6.45) is 3.62. The van der Waals surface area contributed by atoms with Crippen molar-refractivity contribution in [1.29, 1.82) is 0 Å². The van der Waals surface area contributed by atoms with Crippen LogP contribution in [0.15, 0.2) is 23.7 Å². The molecule has 0 bridgehead atoms. The summed E-state index contributed by atoms with van der Waals surface area (Å²) < 4.78 is 18.1. The summed E-state index contributed by atoms with van der Waals surface area (Å²) in [6.45, 7) is 0. The Bertz CT molecular complexity index is 319. The summed E-state index contributed by atoms with van der Waals surface area (Å²) in [4.78, 5) is 10.7. The van der Waals surface area contributed by atoms with Gasteiger partial charge in [0.2, 0.25) is 0 Å². The van der Waals surface area contributed by atoms with Gasteiger partial charge in [-0.05, 0) is 25.0 Å². The van der Waals surface area contributed by atoms with Crippen molar-refractivity contribution >= 4 is 5.97 Å². The Hall–Kier alpha value is -1.32. The third-order valence-electron chi connectivity index (χ3n) is 2.60. The van der Waals surface area contributed by atoms with Crippen molar-refractivity contribution in [3.05, 3.63) is 23.7 Å². The number of carboxylic acids is 1. The predicted molar refractivity (Wildman–Crippen MR) is 47.1 cm³/mol. The Morgan fingerprint density at radius 3 is 3.00 bits per heavy atom. The topological polar surface area (TPSA) is 46.5 Å². The van der Waals surface area contributed by atoms with E-state index in [-0.39, 0.29) is 11.7 Å². The first-order valence-electron chi connectivity index (χ1n) is 4.62. The summed E-state index contributed by atoms with van der Waals surface area (Å²) in [6, 6.07) is 0. The molecule has 0 spiro atoms. The quantitative estimate of drug-likeness (QED) is 0.701. The van der Waals surface area contributed by atoms with Crippen molar-refractivity contribution in [2.75, 3.05) is 0 Å². The molecule has 14 heavy (non-hydrogen) atoms. The van der Waals surface area contributed by atoms with Gasteiger partial charge in [0.15, 0.2) is 6.10 Å². The fourth-order valence-electron chi connectivity index (χ4n) is 1.84. The Kier molecular flexibility index (Phi) is 2.27. The second kappa shape index (κ2) is 3.44. The van der Waals surface area contributed by atoms with Gasteiger partial charge in [-0.3, -0.25) is 0 Å². The molecule has 2 rings (SSSR count). The van der Waals surface area contributed by atoms with Crippen molar-refractivity contribution in [3.63, 3.8) is 0 Å². The summed E-state index contributed by atoms with van der Waals surface area (Å²) in [7, 11) is 0. The van der Waals surface area contributed by atoms with Crippen LogP contribution in [0.4, 0.5) is 4.39 Å². The van der Waals surface area contributed by atoms with E-state index in [9.17, 15) is 9.18 Å². The molecule has 1 fully saturated rings. The second-order valence-electron chi connectivity index (χ2n) is 3.61. The van der Waals surface area contributed by atoms with E-state index in [1.165, 1.54) is 6.08 Å². The van der Waals surface area contributed by atoms with E-state index in [4.69, 9.17) is 9.84 Å². The van der Waals surface area contributed by atoms with Gasteiger partial charge in [0.25, 0.3) is 0 Å². The maximum atomic E-state index is 12.9. The molecule has 1 aliphatic carbocycles. The molecule has 0 aromatic rings. The Balaban J connectivity index is 2.12. The average molecular weight is 198 g/mol. The number of carboxylic acid groups (broad SMARTS) is 1. The maximum absolute atomic E-state index is 12.9. The first kappa shape index (κ1) is 9.24. The first-order chi connectivity index (χ1) is 6.66. The highest BCUT2D eigenvalue weighted by Crippen LogP contribution is 2.35. The molecule has 0 aromatic carbocycles. The van der Waals surface area contributed by atoms with E-state index in [2.05, 4.69) is 0 Å². The van der Waals surface area contributed by atoms with Gasteiger partial charge >= 0.3 is 5.97 Å². The minimum atomic E-state index is -0.945. The van der Waals surface area contributed by atoms with Crippen molar-refractivity contribution in [2.24, 2.45) is 5.92 Å². The van der Waals surface area contributed by atoms with Crippen LogP contribution in [0.5, 0.6) is 0 Å². The zero-order chi connectivity index (χ0) is 10.1. The van der Waals surface area contributed by atoms with Crippen molar-refractivity contribution in [2.45, 2.75) is 25.4 Å². The van der Waals surface area contributed by atoms with Gasteiger partial charge in [-0.1, -0.05) is 0 Å². The van der Waals surface area contributed by atoms with Gasteiger partial charge in [-0.2, -0.15) is 0 Å². The van der Waals surface area contributed by atoms with Crippen LogP contribution >= 0.6 is 0 Å². The molecule has 2 atom stereocenters. The molecule has 76 valence electrons. The molecule has 1 aliphatic heterocycles. The molecule has 2 aliphatic rings. The average Bonchev–Trinajstić information content (AvgIpc) is 2.16. The fourth-order valence-corrected chi connectivity index (χ4v) is 1.84. The van der Waals surface area contributed by atoms with Crippen molar-refractivity contribution in [3.8, 4) is 0 Å². The molecule has 0 saturated carbocycles. The van der Waals surface area contributed by atoms with Crippen LogP contribution in [-0.4, -0.2) is 17.2 Å². The summed E-state index contributed by atoms with van der Waals surface area (Å²) in [5, 5.41) is 8.74. The normalized spacial score (nSPS) is 30.9. The lowest BCUT2D eigenvalue weighted by molar-refractivity contribution is -0.150. The molecular formula is C10H11FO3. The number of halogens is 1. The zero-order valence-electron chi connectivity index (χ0n) is 7.57. The van der Waals surface area contributed by atoms with Crippen LogP contribution in [0.1, 0.15) is 19.3 Å². The zero-order valence-corrected chi connectivity index (χ0v) is 7.57. The standard InChI is InChI=1S/C10H11FO3/c11-7-2-4-8-6(5-7)1-3-9(14-8)10(12)13/h2,4,6,9H,1,3,5H2,(H,12,13). The van der Waals surface area contributed by atoms with Crippen LogP contribution in [0.2, 0.25) is 0 Å². The highest BCUT2D eigenvalue weighted by atomic mass is 19.1. The monoisotopic (exact) mass is 198 g/mol. The minimum absolute atomic E-state index is 0.0376. The van der Waals surface area contributed by atoms with Crippen LogP contribution in [0.25, 0.3) is 0 Å². The van der Waals surface area contributed by atoms with Gasteiger partial charge < -0.3 is 9.84 Å². The summed E-state index contributed by atoms with van der Waals surface area (Å²) in [5.74, 6) is -0.448. The molecule has 1 saturated heterocycles. The predicted octanol–water partition coefficient (Wildman–Crippen LogP) is 2.01.